The normalized spacial score (nSPS) is 17.8. The van der Waals surface area contributed by atoms with Crippen LogP contribution in [-0.2, 0) is 11.3 Å². The molecule has 184 valence electrons. The summed E-state index contributed by atoms with van der Waals surface area (Å²) in [5.74, 6) is 1.18. The lowest BCUT2D eigenvalue weighted by molar-refractivity contribution is -0.0197. The number of rotatable bonds is 7. The Morgan fingerprint density at radius 2 is 1.92 bits per heavy atom. The summed E-state index contributed by atoms with van der Waals surface area (Å²) in [5.41, 5.74) is 2.34. The number of ether oxygens (including phenoxy) is 2. The van der Waals surface area contributed by atoms with Crippen LogP contribution in [0.3, 0.4) is 0 Å². The first-order valence-electron chi connectivity index (χ1n) is 11.4. The molecule has 0 bridgehead atoms. The summed E-state index contributed by atoms with van der Waals surface area (Å²) in [5, 5.41) is 17.7. The van der Waals surface area contributed by atoms with Crippen molar-refractivity contribution in [2.45, 2.75) is 32.2 Å². The van der Waals surface area contributed by atoms with Crippen LogP contribution < -0.4 is 15.4 Å². The molecule has 0 unspecified atom stereocenters. The second-order valence-corrected chi connectivity index (χ2v) is 9.08. The number of amidine groups is 1. The molecule has 2 aromatic heterocycles. The molecular weight excluding hydrogens is 480 g/mol. The Morgan fingerprint density at radius 3 is 2.67 bits per heavy atom. The van der Waals surface area contributed by atoms with Gasteiger partial charge in [0.25, 0.3) is 6.02 Å². The molecule has 4 aromatic rings. The lowest BCUT2D eigenvalue weighted by Crippen LogP contribution is -2.41. The molecule has 0 fully saturated rings. The van der Waals surface area contributed by atoms with Crippen molar-refractivity contribution < 1.29 is 14.6 Å². The van der Waals surface area contributed by atoms with E-state index in [4.69, 9.17) is 21.1 Å². The molecule has 0 saturated carbocycles. The smallest absolute Gasteiger partial charge is 0.290 e. The highest BCUT2D eigenvalue weighted by Gasteiger charge is 2.38. The van der Waals surface area contributed by atoms with E-state index in [0.29, 0.717) is 35.8 Å². The Balaban J connectivity index is 1.32. The Morgan fingerprint density at radius 1 is 1.08 bits per heavy atom. The lowest BCUT2D eigenvalue weighted by atomic mass is 10.0. The molecule has 1 aliphatic rings. The molecule has 10 heteroatoms. The number of aromatic nitrogens is 3. The first kappa shape index (κ1) is 23.8. The minimum atomic E-state index is -0.748. The SMILES string of the molecule is C[C@@H](O)[C@]1(C)CN=C(Nc2ccc3ncnc(Nc4ccc(OCc5ccccn5)c(Cl)c4)c3c2)O1. The number of anilines is 3. The van der Waals surface area contributed by atoms with Gasteiger partial charge < -0.3 is 25.2 Å². The molecule has 3 heterocycles. The molecule has 3 N–H and O–H groups in total. The topological polar surface area (TPSA) is 114 Å². The maximum Gasteiger partial charge on any atom is 0.290 e. The molecule has 1 aliphatic heterocycles. The number of halogens is 1. The zero-order valence-corrected chi connectivity index (χ0v) is 20.5. The molecule has 0 amide bonds. The second-order valence-electron chi connectivity index (χ2n) is 8.67. The fraction of sp³-hybridized carbons (Fsp3) is 0.231. The number of nitrogens with one attached hydrogen (secondary N) is 2. The van der Waals surface area contributed by atoms with Gasteiger partial charge in [-0.2, -0.15) is 0 Å². The van der Waals surface area contributed by atoms with E-state index < -0.39 is 11.7 Å². The van der Waals surface area contributed by atoms with Gasteiger partial charge in [0.05, 0.1) is 28.9 Å². The van der Waals surface area contributed by atoms with Gasteiger partial charge in [-0.15, -0.1) is 0 Å². The lowest BCUT2D eigenvalue weighted by Gasteiger charge is -2.26. The largest absolute Gasteiger partial charge is 0.486 e. The van der Waals surface area contributed by atoms with Crippen LogP contribution in [-0.4, -0.2) is 44.3 Å². The van der Waals surface area contributed by atoms with E-state index in [1.165, 1.54) is 6.33 Å². The van der Waals surface area contributed by atoms with Crippen LogP contribution in [0.1, 0.15) is 19.5 Å². The van der Waals surface area contributed by atoms with Gasteiger partial charge in [-0.25, -0.2) is 15.0 Å². The highest BCUT2D eigenvalue weighted by molar-refractivity contribution is 6.32. The van der Waals surface area contributed by atoms with E-state index in [1.54, 1.807) is 25.3 Å². The van der Waals surface area contributed by atoms with Crippen LogP contribution in [0.15, 0.2) is 72.1 Å². The first-order valence-corrected chi connectivity index (χ1v) is 11.8. The van der Waals surface area contributed by atoms with Gasteiger partial charge in [-0.1, -0.05) is 17.7 Å². The molecule has 0 radical (unpaired) electrons. The van der Waals surface area contributed by atoms with E-state index in [9.17, 15) is 5.11 Å². The van der Waals surface area contributed by atoms with E-state index in [0.717, 1.165) is 28.0 Å². The summed E-state index contributed by atoms with van der Waals surface area (Å²) in [4.78, 5) is 17.4. The minimum absolute atomic E-state index is 0.324. The van der Waals surface area contributed by atoms with Crippen molar-refractivity contribution >= 4 is 45.7 Å². The average Bonchev–Trinajstić information content (AvgIpc) is 3.26. The molecule has 2 atom stereocenters. The summed E-state index contributed by atoms with van der Waals surface area (Å²) in [6.45, 7) is 4.21. The predicted molar refractivity (Wildman–Crippen MR) is 140 cm³/mol. The van der Waals surface area contributed by atoms with E-state index in [2.05, 4.69) is 30.6 Å². The fourth-order valence-corrected chi connectivity index (χ4v) is 3.86. The van der Waals surface area contributed by atoms with Gasteiger partial charge in [0, 0.05) is 23.0 Å². The van der Waals surface area contributed by atoms with Crippen LogP contribution in [0, 0.1) is 0 Å². The molecule has 5 rings (SSSR count). The van der Waals surface area contributed by atoms with Gasteiger partial charge in [-0.05, 0) is 62.4 Å². The molecule has 0 spiro atoms. The van der Waals surface area contributed by atoms with Crippen molar-refractivity contribution in [1.29, 1.82) is 0 Å². The highest BCUT2D eigenvalue weighted by atomic mass is 35.5. The number of hydrogen-bond donors (Lipinski definition) is 3. The van der Waals surface area contributed by atoms with Crippen LogP contribution in [0.2, 0.25) is 5.02 Å². The first-order chi connectivity index (χ1) is 17.4. The number of benzene rings is 2. The van der Waals surface area contributed by atoms with Crippen molar-refractivity contribution in [3.05, 3.63) is 77.8 Å². The Hall–Kier alpha value is -3.95. The number of nitrogens with zero attached hydrogens (tertiary/aromatic N) is 4. The maximum absolute atomic E-state index is 9.96. The number of fused-ring (bicyclic) bond motifs is 1. The number of hydrogen-bond acceptors (Lipinski definition) is 9. The number of aliphatic hydroxyl groups excluding tert-OH is 1. The molecule has 2 aromatic carbocycles. The van der Waals surface area contributed by atoms with E-state index in [-0.39, 0.29) is 0 Å². The van der Waals surface area contributed by atoms with Gasteiger partial charge in [0.15, 0.2) is 5.60 Å². The third kappa shape index (κ3) is 5.17. The van der Waals surface area contributed by atoms with Gasteiger partial charge in [0.1, 0.15) is 24.5 Å². The van der Waals surface area contributed by atoms with Crippen molar-refractivity contribution in [2.24, 2.45) is 4.99 Å². The average molecular weight is 505 g/mol. The van der Waals surface area contributed by atoms with Crippen LogP contribution in [0.25, 0.3) is 10.9 Å². The van der Waals surface area contributed by atoms with Crippen molar-refractivity contribution in [3.8, 4) is 5.75 Å². The summed E-state index contributed by atoms with van der Waals surface area (Å²) in [6.07, 6.45) is 2.57. The molecular formula is C26H25ClN6O3. The van der Waals surface area contributed by atoms with Gasteiger partial charge in [0.2, 0.25) is 0 Å². The third-order valence-electron chi connectivity index (χ3n) is 5.93. The van der Waals surface area contributed by atoms with Crippen LogP contribution >= 0.6 is 11.6 Å². The molecule has 9 nitrogen and oxygen atoms in total. The summed E-state index contributed by atoms with van der Waals surface area (Å²) in [7, 11) is 0. The molecule has 36 heavy (non-hydrogen) atoms. The third-order valence-corrected chi connectivity index (χ3v) is 6.23. The minimum Gasteiger partial charge on any atom is -0.486 e. The van der Waals surface area contributed by atoms with E-state index >= 15 is 0 Å². The van der Waals surface area contributed by atoms with Crippen molar-refractivity contribution in [2.75, 3.05) is 17.2 Å². The Bertz CT molecular complexity index is 1420. The summed E-state index contributed by atoms with van der Waals surface area (Å²) in [6, 6.07) is 17.2. The summed E-state index contributed by atoms with van der Waals surface area (Å²) >= 11 is 6.47. The monoisotopic (exact) mass is 504 g/mol. The zero-order valence-electron chi connectivity index (χ0n) is 19.8. The van der Waals surface area contributed by atoms with Crippen LogP contribution in [0.5, 0.6) is 5.75 Å². The Kier molecular flexibility index (Phi) is 6.58. The zero-order chi connectivity index (χ0) is 25.1. The number of aliphatic hydroxyl groups is 1. The standard InChI is InChI=1S/C26H25ClN6O3/c1-16(34)26(2)14-29-25(36-26)33-17-6-8-22-20(11-17)24(31-15-30-22)32-18-7-9-23(21(27)12-18)35-13-19-5-3-4-10-28-19/h3-12,15-16,34H,13-14H2,1-2H3,(H,29,33)(H,30,31,32)/t16-,26+/m1/s1. The number of pyridine rings is 1. The van der Waals surface area contributed by atoms with Crippen LogP contribution in [0.4, 0.5) is 17.2 Å². The van der Waals surface area contributed by atoms with E-state index in [1.807, 2.05) is 49.4 Å². The molecule has 0 aliphatic carbocycles. The van der Waals surface area contributed by atoms with Crippen molar-refractivity contribution in [1.82, 2.24) is 15.0 Å². The van der Waals surface area contributed by atoms with Crippen molar-refractivity contribution in [3.63, 3.8) is 0 Å². The quantitative estimate of drug-likeness (QED) is 0.324. The Labute approximate surface area is 213 Å². The highest BCUT2D eigenvalue weighted by Crippen LogP contribution is 2.32. The summed E-state index contributed by atoms with van der Waals surface area (Å²) < 4.78 is 11.6. The number of aliphatic imine (C=N–C) groups is 1. The van der Waals surface area contributed by atoms with Gasteiger partial charge in [-0.3, -0.25) is 4.98 Å². The molecule has 0 saturated heterocycles. The second kappa shape index (κ2) is 9.96. The predicted octanol–water partition coefficient (Wildman–Crippen LogP) is 4.94. The fourth-order valence-electron chi connectivity index (χ4n) is 3.62. The maximum atomic E-state index is 9.96. The van der Waals surface area contributed by atoms with Gasteiger partial charge >= 0.3 is 0 Å².